The second-order valence-corrected chi connectivity index (χ2v) is 7.31. The van der Waals surface area contributed by atoms with Crippen LogP contribution in [-0.4, -0.2) is 47.7 Å². The van der Waals surface area contributed by atoms with Crippen molar-refractivity contribution >= 4 is 10.9 Å². The third-order valence-corrected chi connectivity index (χ3v) is 5.44. The summed E-state index contributed by atoms with van der Waals surface area (Å²) in [6, 6.07) is 14.2. The summed E-state index contributed by atoms with van der Waals surface area (Å²) in [6.07, 6.45) is 2.38. The number of fused-ring (bicyclic) bond motifs is 1. The van der Waals surface area contributed by atoms with Gasteiger partial charge in [-0.15, -0.1) is 0 Å². The van der Waals surface area contributed by atoms with Crippen molar-refractivity contribution in [3.05, 3.63) is 60.0 Å². The molecule has 3 aromatic rings. The van der Waals surface area contributed by atoms with Crippen LogP contribution in [0.5, 0.6) is 11.5 Å². The summed E-state index contributed by atoms with van der Waals surface area (Å²) in [5.41, 5.74) is 2.41. The van der Waals surface area contributed by atoms with Crippen LogP contribution in [0.15, 0.2) is 48.8 Å². The van der Waals surface area contributed by atoms with Crippen LogP contribution >= 0.6 is 0 Å². The summed E-state index contributed by atoms with van der Waals surface area (Å²) in [7, 11) is 3.24. The van der Waals surface area contributed by atoms with Crippen LogP contribution in [0.4, 0.5) is 0 Å². The van der Waals surface area contributed by atoms with E-state index in [2.05, 4.69) is 71.7 Å². The maximum Gasteiger partial charge on any atom is 0.162 e. The zero-order chi connectivity index (χ0) is 21.6. The Balaban J connectivity index is 2.08. The molecule has 1 unspecified atom stereocenters. The molecule has 1 atom stereocenters. The molecule has 30 heavy (non-hydrogen) atoms. The fraction of sp³-hybridized carbons (Fsp3) is 0.360. The zero-order valence-corrected chi connectivity index (χ0v) is 18.4. The molecule has 0 saturated carbocycles. The number of benzene rings is 2. The summed E-state index contributed by atoms with van der Waals surface area (Å²) in [6.45, 7) is 8.39. The predicted octanol–water partition coefficient (Wildman–Crippen LogP) is 4.34. The molecule has 0 radical (unpaired) electrons. The Morgan fingerprint density at radius 2 is 1.63 bits per heavy atom. The molecule has 0 N–H and O–H groups in total. The molecule has 156 valence electrons. The van der Waals surface area contributed by atoms with Crippen LogP contribution < -0.4 is 9.47 Å². The highest BCUT2D eigenvalue weighted by Gasteiger charge is 2.28. The topological polar surface area (TPSA) is 47.5 Å². The minimum absolute atomic E-state index is 0.321. The number of aromatic nitrogens is 2. The minimum atomic E-state index is -0.321. The van der Waals surface area contributed by atoms with Crippen LogP contribution in [0.3, 0.4) is 0 Å². The molecule has 0 fully saturated rings. The van der Waals surface area contributed by atoms with Gasteiger partial charge in [-0.1, -0.05) is 50.1 Å². The van der Waals surface area contributed by atoms with E-state index >= 15 is 0 Å². The molecular weight excluding hydrogens is 374 g/mol. The molecular formula is C25H29N3O2. The van der Waals surface area contributed by atoms with Gasteiger partial charge in [-0.25, -0.2) is 9.97 Å². The molecule has 0 bridgehead atoms. The molecule has 0 amide bonds. The standard InChI is InChI=1S/C25H29N3O2/c1-6-28(7-2)25(3,17-19-11-9-8-10-12-19)14-13-21-20-15-23(29-4)24(30-5)16-22(20)27-18-26-21/h8-12,15-16,18H,6-7,17H2,1-5H3. The number of nitrogens with zero attached hydrogens (tertiary/aromatic N) is 3. The van der Waals surface area contributed by atoms with Gasteiger partial charge < -0.3 is 9.47 Å². The van der Waals surface area contributed by atoms with Crippen LogP contribution in [0.25, 0.3) is 10.9 Å². The highest BCUT2D eigenvalue weighted by Crippen LogP contribution is 2.32. The summed E-state index contributed by atoms with van der Waals surface area (Å²) >= 11 is 0. The Morgan fingerprint density at radius 1 is 0.967 bits per heavy atom. The van der Waals surface area contributed by atoms with Crippen molar-refractivity contribution in [3.8, 4) is 23.3 Å². The van der Waals surface area contributed by atoms with Gasteiger partial charge in [0.1, 0.15) is 12.0 Å². The molecule has 5 nitrogen and oxygen atoms in total. The quantitative estimate of drug-likeness (QED) is 0.549. The number of ether oxygens (including phenoxy) is 2. The number of hydrogen-bond donors (Lipinski definition) is 0. The second-order valence-electron chi connectivity index (χ2n) is 7.31. The summed E-state index contributed by atoms with van der Waals surface area (Å²) in [5.74, 6) is 8.16. The van der Waals surface area contributed by atoms with Crippen LogP contribution in [0.1, 0.15) is 32.0 Å². The summed E-state index contributed by atoms with van der Waals surface area (Å²) in [5, 5.41) is 0.851. The third-order valence-electron chi connectivity index (χ3n) is 5.44. The maximum atomic E-state index is 5.46. The van der Waals surface area contributed by atoms with E-state index in [0.29, 0.717) is 17.2 Å². The maximum absolute atomic E-state index is 5.46. The summed E-state index contributed by atoms with van der Waals surface area (Å²) < 4.78 is 10.9. The van der Waals surface area contributed by atoms with Crippen molar-refractivity contribution in [2.75, 3.05) is 27.3 Å². The molecule has 1 aromatic heterocycles. The van der Waals surface area contributed by atoms with E-state index in [1.54, 1.807) is 20.5 Å². The lowest BCUT2D eigenvalue weighted by atomic mass is 9.91. The first-order chi connectivity index (χ1) is 14.5. The van der Waals surface area contributed by atoms with Gasteiger partial charge >= 0.3 is 0 Å². The van der Waals surface area contributed by atoms with E-state index in [1.165, 1.54) is 5.56 Å². The predicted molar refractivity (Wildman–Crippen MR) is 121 cm³/mol. The normalized spacial score (nSPS) is 12.9. The van der Waals surface area contributed by atoms with E-state index < -0.39 is 0 Å². The second kappa shape index (κ2) is 9.60. The zero-order valence-electron chi connectivity index (χ0n) is 18.4. The molecule has 0 aliphatic heterocycles. The lowest BCUT2D eigenvalue weighted by molar-refractivity contribution is 0.171. The first-order valence-corrected chi connectivity index (χ1v) is 10.2. The smallest absolute Gasteiger partial charge is 0.162 e. The average molecular weight is 404 g/mol. The number of likely N-dealkylation sites (N-methyl/N-ethyl adjacent to an activating group) is 1. The van der Waals surface area contributed by atoms with Gasteiger partial charge in [-0.05, 0) is 37.6 Å². The van der Waals surface area contributed by atoms with Crippen molar-refractivity contribution in [2.45, 2.75) is 32.7 Å². The summed E-state index contributed by atoms with van der Waals surface area (Å²) in [4.78, 5) is 11.2. The molecule has 0 spiro atoms. The van der Waals surface area contributed by atoms with Crippen LogP contribution in [-0.2, 0) is 6.42 Å². The van der Waals surface area contributed by atoms with Gasteiger partial charge in [-0.3, -0.25) is 4.90 Å². The van der Waals surface area contributed by atoms with Crippen molar-refractivity contribution in [3.63, 3.8) is 0 Å². The molecule has 0 saturated heterocycles. The third kappa shape index (κ3) is 4.55. The highest BCUT2D eigenvalue weighted by molar-refractivity contribution is 5.86. The average Bonchev–Trinajstić information content (AvgIpc) is 2.78. The van der Waals surface area contributed by atoms with Crippen molar-refractivity contribution in [2.24, 2.45) is 0 Å². The Bertz CT molecular complexity index is 1050. The first kappa shape index (κ1) is 21.6. The molecule has 0 aliphatic rings. The number of methoxy groups -OCH3 is 2. The first-order valence-electron chi connectivity index (χ1n) is 10.2. The highest BCUT2D eigenvalue weighted by atomic mass is 16.5. The van der Waals surface area contributed by atoms with Crippen molar-refractivity contribution in [1.82, 2.24) is 14.9 Å². The lowest BCUT2D eigenvalue weighted by Gasteiger charge is -2.36. The molecule has 3 rings (SSSR count). The SMILES string of the molecule is CCN(CC)C(C)(C#Cc1ncnc2cc(OC)c(OC)cc12)Cc1ccccc1. The van der Waals surface area contributed by atoms with E-state index in [4.69, 9.17) is 9.47 Å². The Hall–Kier alpha value is -3.10. The van der Waals surface area contributed by atoms with E-state index in [0.717, 1.165) is 30.4 Å². The molecule has 1 heterocycles. The lowest BCUT2D eigenvalue weighted by Crippen LogP contribution is -2.47. The van der Waals surface area contributed by atoms with Gasteiger partial charge in [-0.2, -0.15) is 0 Å². The van der Waals surface area contributed by atoms with E-state index in [9.17, 15) is 0 Å². The van der Waals surface area contributed by atoms with Crippen molar-refractivity contribution < 1.29 is 9.47 Å². The Kier molecular flexibility index (Phi) is 6.91. The van der Waals surface area contributed by atoms with E-state index in [1.807, 2.05) is 18.2 Å². The molecule has 5 heteroatoms. The van der Waals surface area contributed by atoms with Gasteiger partial charge in [0.2, 0.25) is 0 Å². The van der Waals surface area contributed by atoms with Gasteiger partial charge in [0, 0.05) is 17.9 Å². The van der Waals surface area contributed by atoms with Crippen LogP contribution in [0, 0.1) is 11.8 Å². The van der Waals surface area contributed by atoms with Crippen molar-refractivity contribution in [1.29, 1.82) is 0 Å². The Morgan fingerprint density at radius 3 is 2.27 bits per heavy atom. The fourth-order valence-corrected chi connectivity index (χ4v) is 3.83. The fourth-order valence-electron chi connectivity index (χ4n) is 3.83. The van der Waals surface area contributed by atoms with Gasteiger partial charge in [0.15, 0.2) is 11.5 Å². The minimum Gasteiger partial charge on any atom is -0.493 e. The largest absolute Gasteiger partial charge is 0.493 e. The monoisotopic (exact) mass is 403 g/mol. The van der Waals surface area contributed by atoms with Gasteiger partial charge in [0.05, 0.1) is 25.3 Å². The molecule has 0 aliphatic carbocycles. The number of rotatable bonds is 7. The van der Waals surface area contributed by atoms with Crippen LogP contribution in [0.2, 0.25) is 0 Å². The Labute approximate surface area is 179 Å². The van der Waals surface area contributed by atoms with E-state index in [-0.39, 0.29) is 5.54 Å². The van der Waals surface area contributed by atoms with Gasteiger partial charge in [0.25, 0.3) is 0 Å². The number of hydrogen-bond acceptors (Lipinski definition) is 5. The molecule has 2 aromatic carbocycles.